The summed E-state index contributed by atoms with van der Waals surface area (Å²) in [5.41, 5.74) is 7.07. The van der Waals surface area contributed by atoms with Crippen LogP contribution in [0.3, 0.4) is 0 Å². The predicted octanol–water partition coefficient (Wildman–Crippen LogP) is 4.16. The van der Waals surface area contributed by atoms with E-state index in [-0.39, 0.29) is 11.9 Å². The maximum absolute atomic E-state index is 12.6. The van der Waals surface area contributed by atoms with Crippen LogP contribution in [0, 0.1) is 13.8 Å². The second-order valence-electron chi connectivity index (χ2n) is 7.69. The molecule has 4 rings (SSSR count). The Morgan fingerprint density at radius 3 is 2.70 bits per heavy atom. The van der Waals surface area contributed by atoms with E-state index in [1.54, 1.807) is 0 Å². The first-order valence-corrected chi connectivity index (χ1v) is 9.70. The SMILES string of the molecule is Cc1cc(CNC(=O)[C@@H]2CCCN2C)c2[nH]c(-c3ccccc3)c(C)c2c1. The highest BCUT2D eigenvalue weighted by molar-refractivity contribution is 5.93. The zero-order chi connectivity index (χ0) is 19.0. The van der Waals surface area contributed by atoms with Gasteiger partial charge in [0.25, 0.3) is 0 Å². The topological polar surface area (TPSA) is 48.1 Å². The summed E-state index contributed by atoms with van der Waals surface area (Å²) < 4.78 is 0. The molecular formula is C23H27N3O. The molecule has 140 valence electrons. The average molecular weight is 361 g/mol. The molecule has 0 saturated carbocycles. The summed E-state index contributed by atoms with van der Waals surface area (Å²) in [5, 5.41) is 4.39. The molecule has 1 atom stereocenters. The number of nitrogens with one attached hydrogen (secondary N) is 2. The normalized spacial score (nSPS) is 17.5. The van der Waals surface area contributed by atoms with Crippen molar-refractivity contribution in [2.24, 2.45) is 0 Å². The van der Waals surface area contributed by atoms with Gasteiger partial charge in [-0.2, -0.15) is 0 Å². The number of amides is 1. The van der Waals surface area contributed by atoms with Crippen molar-refractivity contribution in [3.8, 4) is 11.3 Å². The van der Waals surface area contributed by atoms with E-state index in [9.17, 15) is 4.79 Å². The van der Waals surface area contributed by atoms with Crippen molar-refractivity contribution in [2.45, 2.75) is 39.3 Å². The molecule has 1 aromatic heterocycles. The van der Waals surface area contributed by atoms with Crippen molar-refractivity contribution in [1.82, 2.24) is 15.2 Å². The van der Waals surface area contributed by atoms with E-state index >= 15 is 0 Å². The van der Waals surface area contributed by atoms with E-state index in [1.165, 1.54) is 22.1 Å². The molecule has 1 aliphatic heterocycles. The number of hydrogen-bond acceptors (Lipinski definition) is 2. The largest absolute Gasteiger partial charge is 0.354 e. The Balaban J connectivity index is 1.65. The van der Waals surface area contributed by atoms with Gasteiger partial charge in [-0.05, 0) is 63.0 Å². The highest BCUT2D eigenvalue weighted by Crippen LogP contribution is 2.32. The zero-order valence-corrected chi connectivity index (χ0v) is 16.3. The number of rotatable bonds is 4. The average Bonchev–Trinajstić information content (AvgIpc) is 3.24. The number of likely N-dealkylation sites (tertiary alicyclic amines) is 1. The van der Waals surface area contributed by atoms with Gasteiger partial charge in [0.15, 0.2) is 0 Å². The Kier molecular flexibility index (Phi) is 4.75. The first-order valence-electron chi connectivity index (χ1n) is 9.70. The van der Waals surface area contributed by atoms with Crippen LogP contribution in [-0.2, 0) is 11.3 Å². The quantitative estimate of drug-likeness (QED) is 0.733. The number of likely N-dealkylation sites (N-methyl/N-ethyl adjacent to an activating group) is 1. The molecule has 0 bridgehead atoms. The van der Waals surface area contributed by atoms with Gasteiger partial charge in [-0.25, -0.2) is 0 Å². The van der Waals surface area contributed by atoms with Crippen LogP contribution in [0.5, 0.6) is 0 Å². The van der Waals surface area contributed by atoms with Crippen molar-refractivity contribution in [3.05, 3.63) is 59.2 Å². The number of aryl methyl sites for hydroxylation is 2. The number of carbonyl (C=O) groups excluding carboxylic acids is 1. The maximum atomic E-state index is 12.6. The second kappa shape index (κ2) is 7.20. The molecule has 2 aromatic carbocycles. The highest BCUT2D eigenvalue weighted by Gasteiger charge is 2.27. The molecule has 4 heteroatoms. The van der Waals surface area contributed by atoms with Crippen molar-refractivity contribution < 1.29 is 4.79 Å². The standard InChI is InChI=1S/C23H27N3O/c1-15-12-18(14-24-23(27)20-10-7-11-26(20)3)22-19(13-15)16(2)21(25-22)17-8-5-4-6-9-17/h4-6,8-9,12-13,20,25H,7,10-11,14H2,1-3H3,(H,24,27)/t20-/m0/s1. The van der Waals surface area contributed by atoms with Gasteiger partial charge in [-0.1, -0.05) is 42.0 Å². The van der Waals surface area contributed by atoms with Gasteiger partial charge in [0, 0.05) is 17.6 Å². The number of aromatic nitrogens is 1. The molecule has 27 heavy (non-hydrogen) atoms. The fourth-order valence-corrected chi connectivity index (χ4v) is 4.23. The Labute approximate surface area is 160 Å². The Bertz CT molecular complexity index is 974. The number of aromatic amines is 1. The zero-order valence-electron chi connectivity index (χ0n) is 16.3. The van der Waals surface area contributed by atoms with Gasteiger partial charge in [0.2, 0.25) is 5.91 Å². The van der Waals surface area contributed by atoms with Crippen LogP contribution in [0.15, 0.2) is 42.5 Å². The summed E-state index contributed by atoms with van der Waals surface area (Å²) in [7, 11) is 2.03. The molecule has 0 aliphatic carbocycles. The molecule has 0 spiro atoms. The fraction of sp³-hybridized carbons (Fsp3) is 0.348. The van der Waals surface area contributed by atoms with Crippen LogP contribution in [0.2, 0.25) is 0 Å². The lowest BCUT2D eigenvalue weighted by Gasteiger charge is -2.18. The fourth-order valence-electron chi connectivity index (χ4n) is 4.23. The molecule has 1 amide bonds. The van der Waals surface area contributed by atoms with E-state index in [1.807, 2.05) is 13.1 Å². The van der Waals surface area contributed by atoms with Crippen molar-refractivity contribution in [3.63, 3.8) is 0 Å². The van der Waals surface area contributed by atoms with E-state index < -0.39 is 0 Å². The number of carbonyl (C=O) groups is 1. The molecule has 4 nitrogen and oxygen atoms in total. The smallest absolute Gasteiger partial charge is 0.237 e. The first kappa shape index (κ1) is 17.8. The van der Waals surface area contributed by atoms with Crippen LogP contribution in [0.25, 0.3) is 22.2 Å². The number of fused-ring (bicyclic) bond motifs is 1. The lowest BCUT2D eigenvalue weighted by atomic mass is 10.0. The van der Waals surface area contributed by atoms with E-state index in [4.69, 9.17) is 0 Å². The van der Waals surface area contributed by atoms with E-state index in [0.717, 1.165) is 36.2 Å². The minimum absolute atomic E-state index is 0.00978. The summed E-state index contributed by atoms with van der Waals surface area (Å²) in [6, 6.07) is 14.8. The van der Waals surface area contributed by atoms with Gasteiger partial charge in [0.05, 0.1) is 11.6 Å². The summed E-state index contributed by atoms with van der Waals surface area (Å²) in [6.07, 6.45) is 2.05. The van der Waals surface area contributed by atoms with Crippen molar-refractivity contribution in [1.29, 1.82) is 0 Å². The molecule has 1 fully saturated rings. The molecule has 1 aliphatic rings. The minimum Gasteiger partial charge on any atom is -0.354 e. The molecule has 0 unspecified atom stereocenters. The molecule has 3 aromatic rings. The minimum atomic E-state index is 0.00978. The maximum Gasteiger partial charge on any atom is 0.237 e. The van der Waals surface area contributed by atoms with Crippen molar-refractivity contribution in [2.75, 3.05) is 13.6 Å². The Hall–Kier alpha value is -2.59. The van der Waals surface area contributed by atoms with Crippen LogP contribution >= 0.6 is 0 Å². The van der Waals surface area contributed by atoms with Crippen LogP contribution in [0.4, 0.5) is 0 Å². The van der Waals surface area contributed by atoms with Gasteiger partial charge in [-0.15, -0.1) is 0 Å². The summed E-state index contributed by atoms with van der Waals surface area (Å²) in [6.45, 7) is 5.83. The number of benzene rings is 2. The third kappa shape index (κ3) is 3.37. The molecular weight excluding hydrogens is 334 g/mol. The lowest BCUT2D eigenvalue weighted by Crippen LogP contribution is -2.41. The van der Waals surface area contributed by atoms with Gasteiger partial charge in [0.1, 0.15) is 0 Å². The molecule has 1 saturated heterocycles. The highest BCUT2D eigenvalue weighted by atomic mass is 16.2. The van der Waals surface area contributed by atoms with Gasteiger partial charge in [-0.3, -0.25) is 9.69 Å². The van der Waals surface area contributed by atoms with E-state index in [0.29, 0.717) is 6.54 Å². The molecule has 2 heterocycles. The number of hydrogen-bond donors (Lipinski definition) is 2. The first-order chi connectivity index (χ1) is 13.0. The van der Waals surface area contributed by atoms with Crippen LogP contribution in [0.1, 0.15) is 29.5 Å². The van der Waals surface area contributed by atoms with Gasteiger partial charge >= 0.3 is 0 Å². The lowest BCUT2D eigenvalue weighted by molar-refractivity contribution is -0.125. The third-order valence-corrected chi connectivity index (χ3v) is 5.73. The summed E-state index contributed by atoms with van der Waals surface area (Å²) in [4.78, 5) is 18.3. The Morgan fingerprint density at radius 2 is 2.00 bits per heavy atom. The summed E-state index contributed by atoms with van der Waals surface area (Å²) >= 11 is 0. The Morgan fingerprint density at radius 1 is 1.22 bits per heavy atom. The van der Waals surface area contributed by atoms with Crippen molar-refractivity contribution >= 4 is 16.8 Å². The number of nitrogens with zero attached hydrogens (tertiary/aromatic N) is 1. The number of H-pyrrole nitrogens is 1. The third-order valence-electron chi connectivity index (χ3n) is 5.73. The van der Waals surface area contributed by atoms with Gasteiger partial charge < -0.3 is 10.3 Å². The van der Waals surface area contributed by atoms with Crippen LogP contribution < -0.4 is 5.32 Å². The van der Waals surface area contributed by atoms with E-state index in [2.05, 4.69) is 65.4 Å². The second-order valence-corrected chi connectivity index (χ2v) is 7.69. The summed E-state index contributed by atoms with van der Waals surface area (Å²) in [5.74, 6) is 0.135. The molecule has 0 radical (unpaired) electrons. The van der Waals surface area contributed by atoms with Crippen LogP contribution in [-0.4, -0.2) is 35.4 Å². The molecule has 2 N–H and O–H groups in total. The predicted molar refractivity (Wildman–Crippen MR) is 111 cm³/mol. The monoisotopic (exact) mass is 361 g/mol.